The monoisotopic (exact) mass is 223 g/mol. The third-order valence-electron chi connectivity index (χ3n) is 2.86. The van der Waals surface area contributed by atoms with Gasteiger partial charge in [-0.15, -0.1) is 0 Å². The van der Waals surface area contributed by atoms with Gasteiger partial charge in [-0.2, -0.15) is 5.26 Å². The van der Waals surface area contributed by atoms with E-state index in [0.717, 1.165) is 10.8 Å². The quantitative estimate of drug-likeness (QED) is 0.730. The fourth-order valence-corrected chi connectivity index (χ4v) is 1.74. The fourth-order valence-electron chi connectivity index (χ4n) is 1.74. The predicted octanol–water partition coefficient (Wildman–Crippen LogP) is 3.57. The summed E-state index contributed by atoms with van der Waals surface area (Å²) in [5.74, 6) is -0.134. The van der Waals surface area contributed by atoms with Crippen molar-refractivity contribution in [1.82, 2.24) is 0 Å². The van der Waals surface area contributed by atoms with E-state index in [0.29, 0.717) is 5.56 Å². The number of hydrogen-bond donors (Lipinski definition) is 0. The van der Waals surface area contributed by atoms with Gasteiger partial charge in [0.1, 0.15) is 5.41 Å². The third kappa shape index (κ3) is 2.05. The van der Waals surface area contributed by atoms with Crippen LogP contribution in [0.2, 0.25) is 0 Å². The normalized spacial score (nSPS) is 11.1. The van der Waals surface area contributed by atoms with E-state index >= 15 is 0 Å². The van der Waals surface area contributed by atoms with Crippen LogP contribution in [0.3, 0.4) is 0 Å². The summed E-state index contributed by atoms with van der Waals surface area (Å²) >= 11 is 0. The summed E-state index contributed by atoms with van der Waals surface area (Å²) in [4.78, 5) is 12.1. The first-order valence-electron chi connectivity index (χ1n) is 5.49. The third-order valence-corrected chi connectivity index (χ3v) is 2.86. The highest BCUT2D eigenvalue weighted by molar-refractivity contribution is 6.04. The van der Waals surface area contributed by atoms with Crippen molar-refractivity contribution in [2.24, 2.45) is 5.41 Å². The molecule has 0 atom stereocenters. The Bertz CT molecular complexity index is 620. The van der Waals surface area contributed by atoms with Crippen LogP contribution in [-0.4, -0.2) is 5.78 Å². The van der Waals surface area contributed by atoms with Crippen molar-refractivity contribution >= 4 is 16.6 Å². The molecule has 0 heterocycles. The highest BCUT2D eigenvalue weighted by Gasteiger charge is 2.28. The summed E-state index contributed by atoms with van der Waals surface area (Å²) in [6, 6.07) is 15.4. The molecule has 2 heteroatoms. The number of nitriles is 1. The van der Waals surface area contributed by atoms with Crippen LogP contribution in [-0.2, 0) is 0 Å². The Morgan fingerprint density at radius 3 is 2.41 bits per heavy atom. The van der Waals surface area contributed by atoms with E-state index in [-0.39, 0.29) is 5.78 Å². The van der Waals surface area contributed by atoms with Crippen molar-refractivity contribution < 1.29 is 4.79 Å². The van der Waals surface area contributed by atoms with E-state index in [1.165, 1.54) is 0 Å². The molecule has 0 aliphatic heterocycles. The number of hydrogen-bond acceptors (Lipinski definition) is 2. The van der Waals surface area contributed by atoms with Crippen molar-refractivity contribution in [2.45, 2.75) is 13.8 Å². The molecule has 0 saturated heterocycles. The average molecular weight is 223 g/mol. The number of Topliss-reactive ketones (excluding diaryl/α,β-unsaturated/α-hetero) is 1. The van der Waals surface area contributed by atoms with Gasteiger partial charge in [-0.25, -0.2) is 0 Å². The summed E-state index contributed by atoms with van der Waals surface area (Å²) in [5.41, 5.74) is -0.377. The minimum atomic E-state index is -0.970. The minimum absolute atomic E-state index is 0.134. The number of carbonyl (C=O) groups is 1. The Morgan fingerprint density at radius 2 is 1.76 bits per heavy atom. The van der Waals surface area contributed by atoms with Gasteiger partial charge in [0.15, 0.2) is 5.78 Å². The molecule has 0 amide bonds. The number of carbonyl (C=O) groups excluding carboxylic acids is 1. The van der Waals surface area contributed by atoms with Crippen molar-refractivity contribution in [2.75, 3.05) is 0 Å². The van der Waals surface area contributed by atoms with E-state index in [2.05, 4.69) is 0 Å². The van der Waals surface area contributed by atoms with Crippen molar-refractivity contribution in [3.63, 3.8) is 0 Å². The van der Waals surface area contributed by atoms with Gasteiger partial charge in [0.2, 0.25) is 0 Å². The SMILES string of the molecule is CC(C)(C#N)C(=O)c1ccc2ccccc2c1. The predicted molar refractivity (Wildman–Crippen MR) is 67.7 cm³/mol. The Labute approximate surface area is 100 Å². The summed E-state index contributed by atoms with van der Waals surface area (Å²) in [6.45, 7) is 3.29. The molecule has 0 spiro atoms. The first kappa shape index (κ1) is 11.3. The zero-order valence-electron chi connectivity index (χ0n) is 9.90. The molecule has 84 valence electrons. The maximum atomic E-state index is 12.1. The van der Waals surface area contributed by atoms with Gasteiger partial charge < -0.3 is 0 Å². The van der Waals surface area contributed by atoms with Gasteiger partial charge in [0.25, 0.3) is 0 Å². The standard InChI is InChI=1S/C15H13NO/c1-15(2,10-16)14(17)13-8-7-11-5-3-4-6-12(11)9-13/h3-9H,1-2H3. The van der Waals surface area contributed by atoms with Gasteiger partial charge in [0, 0.05) is 5.56 Å². The smallest absolute Gasteiger partial charge is 0.182 e. The van der Waals surface area contributed by atoms with Crippen LogP contribution >= 0.6 is 0 Å². The maximum absolute atomic E-state index is 12.1. The molecule has 2 nitrogen and oxygen atoms in total. The van der Waals surface area contributed by atoms with E-state index in [1.54, 1.807) is 19.9 Å². The number of fused-ring (bicyclic) bond motifs is 1. The van der Waals surface area contributed by atoms with Crippen molar-refractivity contribution in [3.8, 4) is 6.07 Å². The topological polar surface area (TPSA) is 40.9 Å². The van der Waals surface area contributed by atoms with Crippen LogP contribution in [0.1, 0.15) is 24.2 Å². The lowest BCUT2D eigenvalue weighted by Gasteiger charge is -2.13. The van der Waals surface area contributed by atoms with Gasteiger partial charge in [-0.1, -0.05) is 36.4 Å². The van der Waals surface area contributed by atoms with E-state index in [9.17, 15) is 4.79 Å². The molecule has 0 unspecified atom stereocenters. The Morgan fingerprint density at radius 1 is 1.12 bits per heavy atom. The molecule has 2 rings (SSSR count). The second-order valence-corrected chi connectivity index (χ2v) is 4.63. The van der Waals surface area contributed by atoms with Crippen LogP contribution in [0.5, 0.6) is 0 Å². The summed E-state index contributed by atoms with van der Waals surface area (Å²) < 4.78 is 0. The average Bonchev–Trinajstić information content (AvgIpc) is 2.37. The summed E-state index contributed by atoms with van der Waals surface area (Å²) in [7, 11) is 0. The molecular formula is C15H13NO. The molecule has 0 fully saturated rings. The van der Waals surface area contributed by atoms with Crippen molar-refractivity contribution in [1.29, 1.82) is 5.26 Å². The summed E-state index contributed by atoms with van der Waals surface area (Å²) in [5, 5.41) is 11.1. The number of benzene rings is 2. The lowest BCUT2D eigenvalue weighted by molar-refractivity contribution is 0.0892. The molecule has 0 bridgehead atoms. The van der Waals surface area contributed by atoms with Gasteiger partial charge >= 0.3 is 0 Å². The molecular weight excluding hydrogens is 210 g/mol. The Hall–Kier alpha value is -2.14. The van der Waals surface area contributed by atoms with Crippen LogP contribution in [0.25, 0.3) is 10.8 Å². The minimum Gasteiger partial charge on any atom is -0.292 e. The van der Waals surface area contributed by atoms with Gasteiger partial charge in [-0.3, -0.25) is 4.79 Å². The highest BCUT2D eigenvalue weighted by Crippen LogP contribution is 2.23. The van der Waals surface area contributed by atoms with Crippen LogP contribution in [0.15, 0.2) is 42.5 Å². The van der Waals surface area contributed by atoms with E-state index in [4.69, 9.17) is 5.26 Å². The molecule has 2 aromatic rings. The first-order valence-corrected chi connectivity index (χ1v) is 5.49. The van der Waals surface area contributed by atoms with Crippen molar-refractivity contribution in [3.05, 3.63) is 48.0 Å². The maximum Gasteiger partial charge on any atom is 0.182 e. The van der Waals surface area contributed by atoms with Crippen LogP contribution < -0.4 is 0 Å². The molecule has 0 saturated carbocycles. The lowest BCUT2D eigenvalue weighted by atomic mass is 9.85. The molecule has 2 aromatic carbocycles. The highest BCUT2D eigenvalue weighted by atomic mass is 16.1. The Balaban J connectivity index is 2.51. The zero-order chi connectivity index (χ0) is 12.5. The van der Waals surface area contributed by atoms with Gasteiger partial charge in [-0.05, 0) is 30.7 Å². The number of nitrogens with zero attached hydrogens (tertiary/aromatic N) is 1. The summed E-state index contributed by atoms with van der Waals surface area (Å²) in [6.07, 6.45) is 0. The Kier molecular flexibility index (Phi) is 2.69. The number of rotatable bonds is 2. The molecule has 0 aromatic heterocycles. The second kappa shape index (κ2) is 4.03. The zero-order valence-corrected chi connectivity index (χ0v) is 9.90. The molecule has 0 aliphatic carbocycles. The van der Waals surface area contributed by atoms with Gasteiger partial charge in [0.05, 0.1) is 6.07 Å². The van der Waals surface area contributed by atoms with Crippen LogP contribution in [0.4, 0.5) is 0 Å². The number of ketones is 1. The van der Waals surface area contributed by atoms with Crippen LogP contribution in [0, 0.1) is 16.7 Å². The largest absolute Gasteiger partial charge is 0.292 e. The molecule has 0 N–H and O–H groups in total. The first-order chi connectivity index (χ1) is 8.04. The van der Waals surface area contributed by atoms with E-state index in [1.807, 2.05) is 42.5 Å². The molecule has 0 aliphatic rings. The molecule has 0 radical (unpaired) electrons. The fraction of sp³-hybridized carbons (Fsp3) is 0.200. The lowest BCUT2D eigenvalue weighted by Crippen LogP contribution is -2.22. The molecule has 17 heavy (non-hydrogen) atoms. The second-order valence-electron chi connectivity index (χ2n) is 4.63. The van der Waals surface area contributed by atoms with E-state index < -0.39 is 5.41 Å².